The topological polar surface area (TPSA) is 24.1 Å². The molecule has 0 aromatic rings. The summed E-state index contributed by atoms with van der Waals surface area (Å²) in [5, 5.41) is 7.30. The van der Waals surface area contributed by atoms with Crippen molar-refractivity contribution in [3.05, 3.63) is 0 Å². The van der Waals surface area contributed by atoms with Crippen LogP contribution in [0.3, 0.4) is 0 Å². The average Bonchev–Trinajstić information content (AvgIpc) is 2.44. The summed E-state index contributed by atoms with van der Waals surface area (Å²) in [6.07, 6.45) is 9.87. The number of nitrogens with one attached hydrogen (secondary N) is 2. The van der Waals surface area contributed by atoms with Crippen LogP contribution in [0, 0.1) is 5.41 Å². The zero-order valence-electron chi connectivity index (χ0n) is 10.1. The molecule has 2 fully saturated rings. The number of hydrogen-bond donors (Lipinski definition) is 2. The highest BCUT2D eigenvalue weighted by molar-refractivity contribution is 4.86. The van der Waals surface area contributed by atoms with E-state index < -0.39 is 0 Å². The van der Waals surface area contributed by atoms with Gasteiger partial charge in [-0.15, -0.1) is 0 Å². The highest BCUT2D eigenvalue weighted by Gasteiger charge is 2.31. The summed E-state index contributed by atoms with van der Waals surface area (Å²) in [6, 6.07) is 0.733. The number of rotatable bonds is 4. The van der Waals surface area contributed by atoms with Crippen LogP contribution in [0.1, 0.15) is 51.9 Å². The Hall–Kier alpha value is -0.0800. The fourth-order valence-corrected chi connectivity index (χ4v) is 2.78. The van der Waals surface area contributed by atoms with Gasteiger partial charge in [0.1, 0.15) is 0 Å². The summed E-state index contributed by atoms with van der Waals surface area (Å²) in [5.41, 5.74) is 0.630. The molecule has 0 spiro atoms. The molecule has 1 heterocycles. The lowest BCUT2D eigenvalue weighted by Crippen LogP contribution is -2.43. The van der Waals surface area contributed by atoms with Gasteiger partial charge in [-0.25, -0.2) is 0 Å². The first-order valence-corrected chi connectivity index (χ1v) is 6.73. The predicted octanol–water partition coefficient (Wildman–Crippen LogP) is 2.30. The molecule has 88 valence electrons. The summed E-state index contributed by atoms with van der Waals surface area (Å²) in [7, 11) is 0. The Bertz CT molecular complexity index is 179. The molecule has 15 heavy (non-hydrogen) atoms. The van der Waals surface area contributed by atoms with E-state index in [2.05, 4.69) is 17.6 Å². The highest BCUT2D eigenvalue weighted by atomic mass is 15.0. The van der Waals surface area contributed by atoms with E-state index >= 15 is 0 Å². The van der Waals surface area contributed by atoms with Crippen molar-refractivity contribution in [1.29, 1.82) is 0 Å². The monoisotopic (exact) mass is 210 g/mol. The molecule has 1 unspecified atom stereocenters. The third kappa shape index (κ3) is 3.46. The first-order valence-electron chi connectivity index (χ1n) is 6.73. The summed E-state index contributed by atoms with van der Waals surface area (Å²) < 4.78 is 0. The van der Waals surface area contributed by atoms with Gasteiger partial charge in [-0.3, -0.25) is 0 Å². The van der Waals surface area contributed by atoms with E-state index in [9.17, 15) is 0 Å². The normalized spacial score (nSPS) is 30.6. The third-order valence-electron chi connectivity index (χ3n) is 4.17. The molecule has 2 rings (SSSR count). The van der Waals surface area contributed by atoms with E-state index in [1.807, 2.05) is 0 Å². The fraction of sp³-hybridized carbons (Fsp3) is 1.00. The van der Waals surface area contributed by atoms with Crippen LogP contribution in [0.15, 0.2) is 0 Å². The lowest BCUT2D eigenvalue weighted by molar-refractivity contribution is 0.155. The van der Waals surface area contributed by atoms with E-state index in [4.69, 9.17) is 0 Å². The van der Waals surface area contributed by atoms with E-state index in [-0.39, 0.29) is 0 Å². The van der Waals surface area contributed by atoms with Gasteiger partial charge < -0.3 is 10.6 Å². The van der Waals surface area contributed by atoms with Gasteiger partial charge >= 0.3 is 0 Å². The zero-order valence-corrected chi connectivity index (χ0v) is 10.1. The Balaban J connectivity index is 1.59. The van der Waals surface area contributed by atoms with Crippen molar-refractivity contribution in [2.45, 2.75) is 57.9 Å². The lowest BCUT2D eigenvalue weighted by atomic mass is 9.70. The van der Waals surface area contributed by atoms with Crippen LogP contribution in [0.4, 0.5) is 0 Å². The third-order valence-corrected chi connectivity index (χ3v) is 4.17. The van der Waals surface area contributed by atoms with Crippen molar-refractivity contribution < 1.29 is 0 Å². The Morgan fingerprint density at radius 2 is 2.07 bits per heavy atom. The Labute approximate surface area is 94.2 Å². The smallest absolute Gasteiger partial charge is 0.0192 e. The largest absolute Gasteiger partial charge is 0.315 e. The molecular formula is C13H26N2. The van der Waals surface area contributed by atoms with Gasteiger partial charge in [0.05, 0.1) is 0 Å². The van der Waals surface area contributed by atoms with Crippen molar-refractivity contribution in [3.63, 3.8) is 0 Å². The molecule has 2 heteroatoms. The maximum Gasteiger partial charge on any atom is 0.0192 e. The summed E-state index contributed by atoms with van der Waals surface area (Å²) >= 11 is 0. The molecule has 1 atom stereocenters. The van der Waals surface area contributed by atoms with Crippen molar-refractivity contribution in [2.24, 2.45) is 5.41 Å². The van der Waals surface area contributed by atoms with Crippen LogP contribution in [0.25, 0.3) is 0 Å². The molecule has 1 aliphatic heterocycles. The molecule has 0 aromatic carbocycles. The molecule has 1 saturated carbocycles. The SMILES string of the molecule is CC1(CNCC2CCCCCN2)CCC1. The molecule has 2 aliphatic rings. The predicted molar refractivity (Wildman–Crippen MR) is 65.1 cm³/mol. The summed E-state index contributed by atoms with van der Waals surface area (Å²) in [4.78, 5) is 0. The molecule has 1 aliphatic carbocycles. The van der Waals surface area contributed by atoms with Crippen LogP contribution in [-0.2, 0) is 0 Å². The minimum absolute atomic E-state index is 0.630. The molecule has 2 nitrogen and oxygen atoms in total. The lowest BCUT2D eigenvalue weighted by Gasteiger charge is -2.39. The van der Waals surface area contributed by atoms with Crippen molar-refractivity contribution >= 4 is 0 Å². The van der Waals surface area contributed by atoms with Crippen LogP contribution < -0.4 is 10.6 Å². The van der Waals surface area contributed by atoms with Crippen LogP contribution in [0.5, 0.6) is 0 Å². The van der Waals surface area contributed by atoms with E-state index in [1.54, 1.807) is 0 Å². The first-order chi connectivity index (χ1) is 7.29. The Morgan fingerprint density at radius 3 is 2.80 bits per heavy atom. The van der Waals surface area contributed by atoms with Crippen molar-refractivity contribution in [2.75, 3.05) is 19.6 Å². The molecule has 0 bridgehead atoms. The maximum atomic E-state index is 3.66. The van der Waals surface area contributed by atoms with E-state index in [0.717, 1.165) is 6.04 Å². The highest BCUT2D eigenvalue weighted by Crippen LogP contribution is 2.39. The minimum Gasteiger partial charge on any atom is -0.315 e. The van der Waals surface area contributed by atoms with Gasteiger partial charge in [0.2, 0.25) is 0 Å². The number of hydrogen-bond acceptors (Lipinski definition) is 2. The molecule has 1 saturated heterocycles. The Kier molecular flexibility index (Phi) is 4.04. The minimum atomic E-state index is 0.630. The fourth-order valence-electron chi connectivity index (χ4n) is 2.78. The van der Waals surface area contributed by atoms with Gasteiger partial charge in [0, 0.05) is 19.1 Å². The van der Waals surface area contributed by atoms with Crippen molar-refractivity contribution in [3.8, 4) is 0 Å². The summed E-state index contributed by atoms with van der Waals surface area (Å²) in [5.74, 6) is 0. The van der Waals surface area contributed by atoms with Gasteiger partial charge in [0.25, 0.3) is 0 Å². The zero-order chi connectivity index (χ0) is 10.6. The second kappa shape index (κ2) is 5.31. The first kappa shape index (κ1) is 11.4. The van der Waals surface area contributed by atoms with Gasteiger partial charge in [-0.1, -0.05) is 26.2 Å². The molecule has 2 N–H and O–H groups in total. The van der Waals surface area contributed by atoms with Crippen molar-refractivity contribution in [1.82, 2.24) is 10.6 Å². The van der Waals surface area contributed by atoms with E-state index in [0.29, 0.717) is 5.41 Å². The van der Waals surface area contributed by atoms with Crippen LogP contribution >= 0.6 is 0 Å². The second-order valence-corrected chi connectivity index (χ2v) is 5.80. The van der Waals surface area contributed by atoms with Crippen LogP contribution in [-0.4, -0.2) is 25.7 Å². The Morgan fingerprint density at radius 1 is 1.20 bits per heavy atom. The summed E-state index contributed by atoms with van der Waals surface area (Å²) in [6.45, 7) is 6.05. The molecule has 0 amide bonds. The molecular weight excluding hydrogens is 184 g/mol. The standard InChI is InChI=1S/C13H26N2/c1-13(7-5-8-13)11-14-10-12-6-3-2-4-9-15-12/h12,14-15H,2-11H2,1H3. The van der Waals surface area contributed by atoms with Gasteiger partial charge in [-0.05, 0) is 37.6 Å². The molecule has 0 radical (unpaired) electrons. The maximum absolute atomic E-state index is 3.66. The van der Waals surface area contributed by atoms with Gasteiger partial charge in [0.15, 0.2) is 0 Å². The average molecular weight is 210 g/mol. The van der Waals surface area contributed by atoms with Gasteiger partial charge in [-0.2, -0.15) is 0 Å². The van der Waals surface area contributed by atoms with Crippen LogP contribution in [0.2, 0.25) is 0 Å². The molecule has 0 aromatic heterocycles. The van der Waals surface area contributed by atoms with E-state index in [1.165, 1.54) is 64.6 Å². The second-order valence-electron chi connectivity index (χ2n) is 5.80. The quantitative estimate of drug-likeness (QED) is 0.744.